The van der Waals surface area contributed by atoms with Gasteiger partial charge in [0.1, 0.15) is 6.10 Å². The molecule has 0 aliphatic rings. The molecular formula is C18H22ClN3O. The Morgan fingerprint density at radius 3 is 2.87 bits per heavy atom. The van der Waals surface area contributed by atoms with E-state index in [0.717, 1.165) is 25.9 Å². The Morgan fingerprint density at radius 1 is 1.35 bits per heavy atom. The molecule has 0 spiro atoms. The summed E-state index contributed by atoms with van der Waals surface area (Å²) in [6.07, 6.45) is 9.02. The molecular weight excluding hydrogens is 310 g/mol. The Morgan fingerprint density at radius 2 is 2.22 bits per heavy atom. The number of halogens is 1. The maximum absolute atomic E-state index is 6.01. The van der Waals surface area contributed by atoms with Gasteiger partial charge in [0.05, 0.1) is 5.02 Å². The van der Waals surface area contributed by atoms with Crippen molar-refractivity contribution in [2.75, 3.05) is 13.6 Å². The minimum atomic E-state index is 0.0448. The van der Waals surface area contributed by atoms with Crippen LogP contribution in [0.5, 0.6) is 5.88 Å². The van der Waals surface area contributed by atoms with Crippen molar-refractivity contribution >= 4 is 11.6 Å². The smallest absolute Gasteiger partial charge is 0.213 e. The average molecular weight is 332 g/mol. The maximum Gasteiger partial charge on any atom is 0.213 e. The first-order valence-corrected chi connectivity index (χ1v) is 8.01. The van der Waals surface area contributed by atoms with Gasteiger partial charge in [-0.3, -0.25) is 9.88 Å². The number of rotatable bonds is 9. The number of likely N-dealkylation sites (N-methyl/N-ethyl adjacent to an activating group) is 1. The van der Waals surface area contributed by atoms with Crippen LogP contribution in [0.3, 0.4) is 0 Å². The molecule has 2 heterocycles. The van der Waals surface area contributed by atoms with Gasteiger partial charge in [-0.05, 0) is 37.6 Å². The highest BCUT2D eigenvalue weighted by Gasteiger charge is 2.14. The molecule has 2 aromatic rings. The number of ether oxygens (including phenoxy) is 1. The maximum atomic E-state index is 6.01. The van der Waals surface area contributed by atoms with Crippen molar-refractivity contribution in [2.24, 2.45) is 0 Å². The van der Waals surface area contributed by atoms with E-state index in [0.29, 0.717) is 10.9 Å². The molecule has 2 rings (SSSR count). The van der Waals surface area contributed by atoms with Gasteiger partial charge in [-0.2, -0.15) is 0 Å². The highest BCUT2D eigenvalue weighted by molar-refractivity contribution is 6.30. The van der Waals surface area contributed by atoms with Gasteiger partial charge in [0.2, 0.25) is 5.88 Å². The van der Waals surface area contributed by atoms with E-state index in [9.17, 15) is 0 Å². The molecule has 5 heteroatoms. The molecule has 0 saturated carbocycles. The van der Waals surface area contributed by atoms with E-state index in [1.165, 1.54) is 5.56 Å². The fraction of sp³-hybridized carbons (Fsp3) is 0.333. The van der Waals surface area contributed by atoms with Crippen LogP contribution in [0.2, 0.25) is 5.02 Å². The van der Waals surface area contributed by atoms with E-state index in [-0.39, 0.29) is 6.10 Å². The molecule has 122 valence electrons. The molecule has 0 amide bonds. The van der Waals surface area contributed by atoms with E-state index in [4.69, 9.17) is 16.3 Å². The third-order valence-electron chi connectivity index (χ3n) is 3.37. The second-order valence-corrected chi connectivity index (χ2v) is 5.91. The quantitative estimate of drug-likeness (QED) is 0.651. The van der Waals surface area contributed by atoms with Crippen LogP contribution in [0, 0.1) is 0 Å². The van der Waals surface area contributed by atoms with E-state index < -0.39 is 0 Å². The van der Waals surface area contributed by atoms with Gasteiger partial charge in [0.15, 0.2) is 0 Å². The Bertz CT molecular complexity index is 589. The van der Waals surface area contributed by atoms with E-state index >= 15 is 0 Å². The molecule has 2 aromatic heterocycles. The molecule has 0 fully saturated rings. The lowest BCUT2D eigenvalue weighted by Gasteiger charge is -2.24. The first kappa shape index (κ1) is 17.4. The van der Waals surface area contributed by atoms with Crippen LogP contribution < -0.4 is 4.74 Å². The van der Waals surface area contributed by atoms with Gasteiger partial charge in [-0.15, -0.1) is 6.58 Å². The van der Waals surface area contributed by atoms with Crippen LogP contribution in [0.1, 0.15) is 18.4 Å². The molecule has 0 saturated heterocycles. The highest BCUT2D eigenvalue weighted by Crippen LogP contribution is 2.16. The van der Waals surface area contributed by atoms with Crippen molar-refractivity contribution in [1.82, 2.24) is 14.9 Å². The van der Waals surface area contributed by atoms with Crippen LogP contribution in [0.4, 0.5) is 0 Å². The summed E-state index contributed by atoms with van der Waals surface area (Å²) >= 11 is 5.86. The fourth-order valence-electron chi connectivity index (χ4n) is 2.31. The topological polar surface area (TPSA) is 38.2 Å². The van der Waals surface area contributed by atoms with Crippen molar-refractivity contribution in [3.8, 4) is 5.88 Å². The molecule has 0 N–H and O–H groups in total. The first-order chi connectivity index (χ1) is 11.2. The number of allylic oxidation sites excluding steroid dienone is 1. The average Bonchev–Trinajstić information content (AvgIpc) is 2.55. The number of nitrogens with zero attached hydrogens (tertiary/aromatic N) is 3. The summed E-state index contributed by atoms with van der Waals surface area (Å²) in [6, 6.07) is 7.61. The second kappa shape index (κ2) is 9.28. The van der Waals surface area contributed by atoms with Gasteiger partial charge in [-0.1, -0.05) is 23.7 Å². The van der Waals surface area contributed by atoms with E-state index in [1.807, 2.05) is 18.3 Å². The lowest BCUT2D eigenvalue weighted by atomic mass is 10.1. The zero-order chi connectivity index (χ0) is 16.5. The molecule has 23 heavy (non-hydrogen) atoms. The van der Waals surface area contributed by atoms with Crippen molar-refractivity contribution in [2.45, 2.75) is 25.5 Å². The van der Waals surface area contributed by atoms with Gasteiger partial charge in [0, 0.05) is 37.7 Å². The van der Waals surface area contributed by atoms with Crippen molar-refractivity contribution in [3.63, 3.8) is 0 Å². The molecule has 0 aromatic carbocycles. The van der Waals surface area contributed by atoms with Crippen molar-refractivity contribution in [1.29, 1.82) is 0 Å². The second-order valence-electron chi connectivity index (χ2n) is 5.48. The standard InChI is InChI=1S/C18H22ClN3O/c1-3-4-7-17(23-18-9-8-16(19)12-21-18)14-22(2)13-15-6-5-10-20-11-15/h3,5-6,8-12,17H,1,4,7,13-14H2,2H3. The summed E-state index contributed by atoms with van der Waals surface area (Å²) in [5, 5.41) is 0.605. The fourth-order valence-corrected chi connectivity index (χ4v) is 2.42. The summed E-state index contributed by atoms with van der Waals surface area (Å²) < 4.78 is 6.01. The molecule has 0 bridgehead atoms. The van der Waals surface area contributed by atoms with Gasteiger partial charge in [-0.25, -0.2) is 4.98 Å². The van der Waals surface area contributed by atoms with Crippen molar-refractivity contribution < 1.29 is 4.74 Å². The largest absolute Gasteiger partial charge is 0.473 e. The predicted molar refractivity (Wildman–Crippen MR) is 93.7 cm³/mol. The lowest BCUT2D eigenvalue weighted by molar-refractivity contribution is 0.132. The minimum Gasteiger partial charge on any atom is -0.473 e. The number of hydrogen-bond donors (Lipinski definition) is 0. The van der Waals surface area contributed by atoms with Gasteiger partial charge >= 0.3 is 0 Å². The molecule has 4 nitrogen and oxygen atoms in total. The Kier molecular flexibility index (Phi) is 7.04. The number of hydrogen-bond acceptors (Lipinski definition) is 4. The summed E-state index contributed by atoms with van der Waals surface area (Å²) in [4.78, 5) is 10.6. The summed E-state index contributed by atoms with van der Waals surface area (Å²) in [5.41, 5.74) is 1.18. The van der Waals surface area contributed by atoms with Crippen molar-refractivity contribution in [3.05, 3.63) is 66.1 Å². The van der Waals surface area contributed by atoms with Crippen LogP contribution in [-0.4, -0.2) is 34.6 Å². The van der Waals surface area contributed by atoms with Crippen LogP contribution in [0.15, 0.2) is 55.5 Å². The molecule has 1 unspecified atom stereocenters. The number of aromatic nitrogens is 2. The summed E-state index contributed by atoms with van der Waals surface area (Å²) in [5.74, 6) is 0.596. The molecule has 0 aliphatic carbocycles. The van der Waals surface area contributed by atoms with E-state index in [1.54, 1.807) is 24.5 Å². The number of pyridine rings is 2. The predicted octanol–water partition coefficient (Wildman–Crippen LogP) is 3.98. The van der Waals surface area contributed by atoms with Gasteiger partial charge in [0.25, 0.3) is 0 Å². The van der Waals surface area contributed by atoms with Crippen LogP contribution in [0.25, 0.3) is 0 Å². The SMILES string of the molecule is C=CCCC(CN(C)Cc1cccnc1)Oc1ccc(Cl)cn1. The minimum absolute atomic E-state index is 0.0448. The van der Waals surface area contributed by atoms with Crippen LogP contribution in [-0.2, 0) is 6.54 Å². The summed E-state index contributed by atoms with van der Waals surface area (Å²) in [6.45, 7) is 5.42. The normalized spacial score (nSPS) is 12.1. The third-order valence-corrected chi connectivity index (χ3v) is 3.59. The third kappa shape index (κ3) is 6.38. The van der Waals surface area contributed by atoms with E-state index in [2.05, 4.69) is 34.6 Å². The molecule has 0 aliphatic heterocycles. The zero-order valence-corrected chi connectivity index (χ0v) is 14.1. The van der Waals surface area contributed by atoms with Crippen LogP contribution >= 0.6 is 11.6 Å². The molecule has 0 radical (unpaired) electrons. The Balaban J connectivity index is 1.94. The molecule has 1 atom stereocenters. The highest BCUT2D eigenvalue weighted by atomic mass is 35.5. The summed E-state index contributed by atoms with van der Waals surface area (Å²) in [7, 11) is 2.08. The Labute approximate surface area is 142 Å². The zero-order valence-electron chi connectivity index (χ0n) is 13.4. The first-order valence-electron chi connectivity index (χ1n) is 7.64. The lowest BCUT2D eigenvalue weighted by Crippen LogP contribution is -2.33. The van der Waals surface area contributed by atoms with Gasteiger partial charge < -0.3 is 4.74 Å². The monoisotopic (exact) mass is 331 g/mol. The Hall–Kier alpha value is -1.91.